The number of rotatable bonds is 4. The molecule has 29 heavy (non-hydrogen) atoms. The number of nitrogens with zero attached hydrogens (tertiary/aromatic N) is 7. The Hall–Kier alpha value is -2.58. The lowest BCUT2D eigenvalue weighted by atomic mass is 10.1. The van der Waals surface area contributed by atoms with E-state index < -0.39 is 0 Å². The number of hydrogen-bond donors (Lipinski definition) is 0. The van der Waals surface area contributed by atoms with Crippen LogP contribution in [0.1, 0.15) is 19.3 Å². The molecule has 5 rings (SSSR count). The van der Waals surface area contributed by atoms with Crippen molar-refractivity contribution < 1.29 is 4.74 Å². The number of aryl methyl sites for hydroxylation is 1. The number of anilines is 1. The molecule has 1 atom stereocenters. The molecule has 8 nitrogen and oxygen atoms in total. The Bertz CT molecular complexity index is 974. The van der Waals surface area contributed by atoms with Crippen LogP contribution in [-0.2, 0) is 11.8 Å². The lowest BCUT2D eigenvalue weighted by molar-refractivity contribution is -0.00646. The number of aromatic nitrogens is 5. The van der Waals surface area contributed by atoms with Gasteiger partial charge in [-0.05, 0) is 25.3 Å². The lowest BCUT2D eigenvalue weighted by Gasteiger charge is -2.38. The Morgan fingerprint density at radius 2 is 1.97 bits per heavy atom. The van der Waals surface area contributed by atoms with Crippen molar-refractivity contribution in [3.63, 3.8) is 0 Å². The highest BCUT2D eigenvalue weighted by molar-refractivity contribution is 5.82. The zero-order chi connectivity index (χ0) is 19.6. The lowest BCUT2D eigenvalue weighted by Crippen LogP contribution is -2.49. The topological polar surface area (TPSA) is 72.2 Å². The number of piperazine rings is 1. The Labute approximate surface area is 170 Å². The molecule has 5 heterocycles. The quantitative estimate of drug-likeness (QED) is 0.672. The maximum Gasteiger partial charge on any atom is 0.156 e. The molecule has 2 aliphatic rings. The SMILES string of the molecule is Cn1cc(-c2nc3cnccc3nc2N2CCN(CC3CCCCO3)CC2)cn1. The summed E-state index contributed by atoms with van der Waals surface area (Å²) in [4.78, 5) is 18.9. The van der Waals surface area contributed by atoms with E-state index in [1.807, 2.05) is 25.5 Å². The van der Waals surface area contributed by atoms with Crippen molar-refractivity contribution in [2.45, 2.75) is 25.4 Å². The third-order valence-corrected chi connectivity index (χ3v) is 5.83. The van der Waals surface area contributed by atoms with Crippen molar-refractivity contribution in [2.24, 2.45) is 7.05 Å². The van der Waals surface area contributed by atoms with E-state index in [1.165, 1.54) is 19.3 Å². The van der Waals surface area contributed by atoms with Crippen molar-refractivity contribution >= 4 is 16.9 Å². The monoisotopic (exact) mass is 393 g/mol. The van der Waals surface area contributed by atoms with Crippen LogP contribution >= 0.6 is 0 Å². The average Bonchev–Trinajstić information content (AvgIpc) is 3.20. The second-order valence-corrected chi connectivity index (χ2v) is 7.94. The third-order valence-electron chi connectivity index (χ3n) is 5.83. The number of hydrogen-bond acceptors (Lipinski definition) is 7. The highest BCUT2D eigenvalue weighted by Crippen LogP contribution is 2.30. The van der Waals surface area contributed by atoms with Crippen LogP contribution in [0.5, 0.6) is 0 Å². The van der Waals surface area contributed by atoms with Gasteiger partial charge in [-0.1, -0.05) is 0 Å². The van der Waals surface area contributed by atoms with Crippen molar-refractivity contribution in [1.82, 2.24) is 29.6 Å². The van der Waals surface area contributed by atoms with Crippen LogP contribution < -0.4 is 4.90 Å². The zero-order valence-corrected chi connectivity index (χ0v) is 16.9. The Morgan fingerprint density at radius 3 is 2.72 bits per heavy atom. The van der Waals surface area contributed by atoms with Crippen LogP contribution in [0.2, 0.25) is 0 Å². The summed E-state index contributed by atoms with van der Waals surface area (Å²) in [6.07, 6.45) is 11.5. The molecule has 0 N–H and O–H groups in total. The summed E-state index contributed by atoms with van der Waals surface area (Å²) in [5.74, 6) is 0.935. The van der Waals surface area contributed by atoms with Crippen molar-refractivity contribution in [3.8, 4) is 11.3 Å². The fraction of sp³-hybridized carbons (Fsp3) is 0.524. The summed E-state index contributed by atoms with van der Waals surface area (Å²) in [6, 6.07) is 1.93. The van der Waals surface area contributed by atoms with Gasteiger partial charge in [-0.3, -0.25) is 14.6 Å². The first-order valence-electron chi connectivity index (χ1n) is 10.5. The molecule has 0 bridgehead atoms. The van der Waals surface area contributed by atoms with E-state index in [4.69, 9.17) is 14.7 Å². The minimum atomic E-state index is 0.397. The fourth-order valence-electron chi connectivity index (χ4n) is 4.24. The van der Waals surface area contributed by atoms with E-state index >= 15 is 0 Å². The van der Waals surface area contributed by atoms with Gasteiger partial charge in [0.15, 0.2) is 5.82 Å². The molecule has 0 amide bonds. The largest absolute Gasteiger partial charge is 0.377 e. The third kappa shape index (κ3) is 3.95. The molecule has 2 saturated heterocycles. The van der Waals surface area contributed by atoms with Gasteiger partial charge < -0.3 is 9.64 Å². The summed E-state index contributed by atoms with van der Waals surface area (Å²) >= 11 is 0. The molecule has 2 aliphatic heterocycles. The van der Waals surface area contributed by atoms with Crippen LogP contribution in [0.4, 0.5) is 5.82 Å². The van der Waals surface area contributed by atoms with Gasteiger partial charge in [-0.15, -0.1) is 0 Å². The molecule has 3 aromatic heterocycles. The van der Waals surface area contributed by atoms with Crippen molar-refractivity contribution in [3.05, 3.63) is 30.9 Å². The molecular weight excluding hydrogens is 366 g/mol. The second-order valence-electron chi connectivity index (χ2n) is 7.94. The van der Waals surface area contributed by atoms with Gasteiger partial charge in [0.25, 0.3) is 0 Å². The van der Waals surface area contributed by atoms with Crippen LogP contribution in [0.3, 0.4) is 0 Å². The van der Waals surface area contributed by atoms with Gasteiger partial charge in [0.2, 0.25) is 0 Å². The first kappa shape index (κ1) is 18.4. The zero-order valence-electron chi connectivity index (χ0n) is 16.9. The fourth-order valence-corrected chi connectivity index (χ4v) is 4.24. The standard InChI is InChI=1S/C21H27N7O/c1-26-14-16(12-23-26)20-21(25-18-5-6-22-13-19(18)24-20)28-9-7-27(8-10-28)15-17-4-2-3-11-29-17/h5-6,12-14,17H,2-4,7-11,15H2,1H3. The summed E-state index contributed by atoms with van der Waals surface area (Å²) < 4.78 is 7.73. The Morgan fingerprint density at radius 1 is 1.07 bits per heavy atom. The predicted molar refractivity (Wildman–Crippen MR) is 112 cm³/mol. The maximum absolute atomic E-state index is 5.93. The molecule has 3 aromatic rings. The molecule has 0 aromatic carbocycles. The summed E-state index contributed by atoms with van der Waals surface area (Å²) in [7, 11) is 1.92. The molecule has 0 saturated carbocycles. The molecular formula is C21H27N7O. The second kappa shape index (κ2) is 8.04. The first-order valence-corrected chi connectivity index (χ1v) is 10.5. The van der Waals surface area contributed by atoms with Crippen LogP contribution in [0.25, 0.3) is 22.3 Å². The minimum absolute atomic E-state index is 0.397. The maximum atomic E-state index is 5.93. The van der Waals surface area contributed by atoms with Crippen LogP contribution in [-0.4, -0.2) is 75.1 Å². The molecule has 1 unspecified atom stereocenters. The molecule has 0 aliphatic carbocycles. The molecule has 0 spiro atoms. The summed E-state index contributed by atoms with van der Waals surface area (Å²) in [5, 5.41) is 4.33. The van der Waals surface area contributed by atoms with Gasteiger partial charge in [-0.25, -0.2) is 9.97 Å². The molecule has 0 radical (unpaired) electrons. The Balaban J connectivity index is 1.38. The van der Waals surface area contributed by atoms with Crippen LogP contribution in [0.15, 0.2) is 30.9 Å². The van der Waals surface area contributed by atoms with E-state index in [0.29, 0.717) is 6.10 Å². The summed E-state index contributed by atoms with van der Waals surface area (Å²) in [6.45, 7) is 5.86. The summed E-state index contributed by atoms with van der Waals surface area (Å²) in [5.41, 5.74) is 3.55. The number of fused-ring (bicyclic) bond motifs is 1. The highest BCUT2D eigenvalue weighted by atomic mass is 16.5. The molecule has 2 fully saturated rings. The van der Waals surface area contributed by atoms with Crippen molar-refractivity contribution in [2.75, 3.05) is 44.2 Å². The van der Waals surface area contributed by atoms with Gasteiger partial charge in [0.1, 0.15) is 11.2 Å². The predicted octanol–water partition coefficient (Wildman–Crippen LogP) is 2.12. The van der Waals surface area contributed by atoms with E-state index in [9.17, 15) is 0 Å². The van der Waals surface area contributed by atoms with Gasteiger partial charge in [-0.2, -0.15) is 5.10 Å². The van der Waals surface area contributed by atoms with Gasteiger partial charge in [0, 0.05) is 64.3 Å². The smallest absolute Gasteiger partial charge is 0.156 e. The highest BCUT2D eigenvalue weighted by Gasteiger charge is 2.25. The van der Waals surface area contributed by atoms with E-state index in [2.05, 4.69) is 19.9 Å². The Kier molecular flexibility index (Phi) is 5.12. The first-order chi connectivity index (χ1) is 14.3. The molecule has 8 heteroatoms. The van der Waals surface area contributed by atoms with E-state index in [-0.39, 0.29) is 0 Å². The minimum Gasteiger partial charge on any atom is -0.377 e. The van der Waals surface area contributed by atoms with E-state index in [0.717, 1.165) is 67.4 Å². The normalized spacial score (nSPS) is 21.0. The molecule has 152 valence electrons. The van der Waals surface area contributed by atoms with Gasteiger partial charge in [0.05, 0.1) is 24.0 Å². The van der Waals surface area contributed by atoms with E-state index in [1.54, 1.807) is 17.1 Å². The van der Waals surface area contributed by atoms with Gasteiger partial charge >= 0.3 is 0 Å². The average molecular weight is 393 g/mol. The number of ether oxygens (including phenoxy) is 1. The number of pyridine rings is 1. The van der Waals surface area contributed by atoms with Crippen LogP contribution in [0, 0.1) is 0 Å². The van der Waals surface area contributed by atoms with Crippen molar-refractivity contribution in [1.29, 1.82) is 0 Å².